The van der Waals surface area contributed by atoms with E-state index in [1.54, 1.807) is 18.0 Å². The molecule has 3 heterocycles. The molecule has 1 saturated carbocycles. The van der Waals surface area contributed by atoms with Crippen LogP contribution in [0.4, 0.5) is 19.5 Å². The number of amides is 1. The number of fused-ring (bicyclic) bond motifs is 1. The van der Waals surface area contributed by atoms with Crippen LogP contribution >= 0.6 is 0 Å². The number of benzene rings is 1. The van der Waals surface area contributed by atoms with Crippen LogP contribution in [0.15, 0.2) is 36.7 Å². The standard InChI is InChI=1S/C32H44F2N6O3/c1-21(17-28(33)34)36-30-35-18-26-27(20-40(29(26)37-30)24-9-11-25(41)12-10-24)23-7-5-22(6-8-23)19-38-13-15-39(16-14-38)31(42)43-32(2,3)4/h5-8,18,20-21,24-25,28,41H,9-17,19H2,1-4H3,(H,35,36,37)/t21-,24-,25-/m1/s1. The summed E-state index contributed by atoms with van der Waals surface area (Å²) in [5.41, 5.74) is 3.53. The number of carbonyl (C=O) groups excluding carboxylic acids is 1. The molecule has 1 aliphatic carbocycles. The van der Waals surface area contributed by atoms with Gasteiger partial charge in [0.05, 0.1) is 6.10 Å². The van der Waals surface area contributed by atoms with E-state index in [-0.39, 0.29) is 24.7 Å². The fourth-order valence-electron chi connectivity index (χ4n) is 5.95. The largest absolute Gasteiger partial charge is 0.444 e. The average Bonchev–Trinajstić information content (AvgIpc) is 3.32. The number of anilines is 1. The molecule has 0 spiro atoms. The normalized spacial score (nSPS) is 20.9. The van der Waals surface area contributed by atoms with E-state index in [4.69, 9.17) is 9.72 Å². The van der Waals surface area contributed by atoms with Crippen molar-refractivity contribution in [3.63, 3.8) is 0 Å². The van der Waals surface area contributed by atoms with E-state index in [2.05, 4.69) is 50.2 Å². The number of hydrogen-bond acceptors (Lipinski definition) is 7. The van der Waals surface area contributed by atoms with Gasteiger partial charge in [-0.25, -0.2) is 18.6 Å². The molecule has 2 aliphatic rings. The van der Waals surface area contributed by atoms with Crippen molar-refractivity contribution in [1.29, 1.82) is 0 Å². The Balaban J connectivity index is 1.31. The van der Waals surface area contributed by atoms with Crippen molar-refractivity contribution in [2.24, 2.45) is 0 Å². The first-order chi connectivity index (χ1) is 20.4. The number of aromatic nitrogens is 3. The summed E-state index contributed by atoms with van der Waals surface area (Å²) in [6.45, 7) is 11.0. The number of halogens is 2. The summed E-state index contributed by atoms with van der Waals surface area (Å²) >= 11 is 0. The minimum Gasteiger partial charge on any atom is -0.444 e. The number of carbonyl (C=O) groups is 1. The predicted molar refractivity (Wildman–Crippen MR) is 163 cm³/mol. The Morgan fingerprint density at radius 3 is 2.40 bits per heavy atom. The molecule has 0 unspecified atom stereocenters. The van der Waals surface area contributed by atoms with E-state index in [0.29, 0.717) is 19.0 Å². The second-order valence-corrected chi connectivity index (χ2v) is 13.0. The maximum atomic E-state index is 12.9. The number of aliphatic hydroxyl groups is 1. The summed E-state index contributed by atoms with van der Waals surface area (Å²) in [7, 11) is 0. The summed E-state index contributed by atoms with van der Waals surface area (Å²) in [6.07, 6.45) is 3.87. The number of nitrogens with zero attached hydrogens (tertiary/aromatic N) is 5. The van der Waals surface area contributed by atoms with Crippen LogP contribution in [0.5, 0.6) is 0 Å². The van der Waals surface area contributed by atoms with E-state index >= 15 is 0 Å². The van der Waals surface area contributed by atoms with Crippen molar-refractivity contribution in [2.45, 2.75) is 96.6 Å². The van der Waals surface area contributed by atoms with Crippen molar-refractivity contribution in [3.05, 3.63) is 42.2 Å². The summed E-state index contributed by atoms with van der Waals surface area (Å²) in [5, 5.41) is 14.0. The molecule has 2 fully saturated rings. The number of nitrogens with one attached hydrogen (secondary N) is 1. The van der Waals surface area contributed by atoms with Gasteiger partial charge in [0, 0.05) is 74.6 Å². The van der Waals surface area contributed by atoms with E-state index < -0.39 is 18.1 Å². The molecule has 11 heteroatoms. The van der Waals surface area contributed by atoms with Gasteiger partial charge in [0.25, 0.3) is 0 Å². The summed E-state index contributed by atoms with van der Waals surface area (Å²) in [5.74, 6) is 0.338. The fraction of sp³-hybridized carbons (Fsp3) is 0.594. The minimum atomic E-state index is -2.40. The first-order valence-electron chi connectivity index (χ1n) is 15.3. The van der Waals surface area contributed by atoms with Gasteiger partial charge in [-0.3, -0.25) is 4.90 Å². The topological polar surface area (TPSA) is 95.8 Å². The summed E-state index contributed by atoms with van der Waals surface area (Å²) < 4.78 is 33.5. The molecule has 2 aromatic heterocycles. The molecule has 3 aromatic rings. The number of piperazine rings is 1. The van der Waals surface area contributed by atoms with Gasteiger partial charge in [-0.1, -0.05) is 24.3 Å². The zero-order chi connectivity index (χ0) is 30.7. The summed E-state index contributed by atoms with van der Waals surface area (Å²) in [6, 6.07) is 8.24. The molecule has 1 aromatic carbocycles. The van der Waals surface area contributed by atoms with Crippen LogP contribution < -0.4 is 5.32 Å². The van der Waals surface area contributed by atoms with Crippen molar-refractivity contribution in [3.8, 4) is 11.1 Å². The van der Waals surface area contributed by atoms with Crippen molar-refractivity contribution < 1.29 is 23.4 Å². The highest BCUT2D eigenvalue weighted by molar-refractivity contribution is 5.94. The zero-order valence-electron chi connectivity index (χ0n) is 25.6. The molecular formula is C32H44F2N6O3. The molecule has 1 amide bonds. The third-order valence-corrected chi connectivity index (χ3v) is 8.23. The van der Waals surface area contributed by atoms with Gasteiger partial charge in [-0.15, -0.1) is 0 Å². The quantitative estimate of drug-likeness (QED) is 0.324. The minimum absolute atomic E-state index is 0.194. The Morgan fingerprint density at radius 1 is 1.09 bits per heavy atom. The SMILES string of the molecule is C[C@H](CC(F)F)Nc1ncc2c(-c3ccc(CN4CCN(C(=O)OC(C)(C)C)CC4)cc3)cn([C@H]3CC[C@H](O)CC3)c2n1. The van der Waals surface area contributed by atoms with Crippen LogP contribution in [0.3, 0.4) is 0 Å². The third kappa shape index (κ3) is 8.00. The molecule has 43 heavy (non-hydrogen) atoms. The van der Waals surface area contributed by atoms with Crippen molar-refractivity contribution in [1.82, 2.24) is 24.3 Å². The van der Waals surface area contributed by atoms with Gasteiger partial charge in [-0.05, 0) is 64.5 Å². The molecule has 0 radical (unpaired) electrons. The number of alkyl halides is 2. The van der Waals surface area contributed by atoms with Crippen LogP contribution in [0, 0.1) is 0 Å². The molecule has 2 N–H and O–H groups in total. The van der Waals surface area contributed by atoms with Crippen LogP contribution in [-0.4, -0.2) is 85.9 Å². The van der Waals surface area contributed by atoms with Gasteiger partial charge < -0.3 is 24.6 Å². The number of rotatable bonds is 8. The molecule has 9 nitrogen and oxygen atoms in total. The predicted octanol–water partition coefficient (Wildman–Crippen LogP) is 6.08. The van der Waals surface area contributed by atoms with Crippen LogP contribution in [-0.2, 0) is 11.3 Å². The lowest BCUT2D eigenvalue weighted by molar-refractivity contribution is 0.0139. The summed E-state index contributed by atoms with van der Waals surface area (Å²) in [4.78, 5) is 25.8. The van der Waals surface area contributed by atoms with Crippen molar-refractivity contribution in [2.75, 3.05) is 31.5 Å². The highest BCUT2D eigenvalue weighted by atomic mass is 19.3. The zero-order valence-corrected chi connectivity index (χ0v) is 25.6. The van der Waals surface area contributed by atoms with Gasteiger partial charge in [0.15, 0.2) is 0 Å². The van der Waals surface area contributed by atoms with E-state index in [9.17, 15) is 18.7 Å². The maximum absolute atomic E-state index is 12.9. The molecule has 1 saturated heterocycles. The Morgan fingerprint density at radius 2 is 1.77 bits per heavy atom. The molecule has 234 valence electrons. The van der Waals surface area contributed by atoms with Gasteiger partial charge in [0.2, 0.25) is 12.4 Å². The first-order valence-corrected chi connectivity index (χ1v) is 15.3. The number of aliphatic hydroxyl groups excluding tert-OH is 1. The number of hydrogen-bond donors (Lipinski definition) is 2. The fourth-order valence-corrected chi connectivity index (χ4v) is 5.95. The Labute approximate surface area is 252 Å². The van der Waals surface area contributed by atoms with Crippen molar-refractivity contribution >= 4 is 23.1 Å². The van der Waals surface area contributed by atoms with Crippen LogP contribution in [0.1, 0.15) is 71.4 Å². The Bertz CT molecular complexity index is 1370. The van der Waals surface area contributed by atoms with E-state index in [1.165, 1.54) is 5.56 Å². The van der Waals surface area contributed by atoms with Crippen LogP contribution in [0.25, 0.3) is 22.2 Å². The smallest absolute Gasteiger partial charge is 0.410 e. The molecule has 5 rings (SSSR count). The monoisotopic (exact) mass is 598 g/mol. The van der Waals surface area contributed by atoms with Crippen LogP contribution in [0.2, 0.25) is 0 Å². The lowest BCUT2D eigenvalue weighted by Crippen LogP contribution is -2.49. The highest BCUT2D eigenvalue weighted by Gasteiger charge is 2.27. The van der Waals surface area contributed by atoms with Gasteiger partial charge in [0.1, 0.15) is 11.2 Å². The Hall–Kier alpha value is -3.31. The van der Waals surface area contributed by atoms with E-state index in [1.807, 2.05) is 20.8 Å². The lowest BCUT2D eigenvalue weighted by atomic mass is 9.93. The number of ether oxygens (including phenoxy) is 1. The van der Waals surface area contributed by atoms with E-state index in [0.717, 1.165) is 67.5 Å². The Kier molecular flexibility index (Phi) is 9.51. The second kappa shape index (κ2) is 13.1. The maximum Gasteiger partial charge on any atom is 0.410 e. The average molecular weight is 599 g/mol. The molecule has 1 aliphatic heterocycles. The van der Waals surface area contributed by atoms with Gasteiger partial charge >= 0.3 is 6.09 Å². The molecule has 1 atom stereocenters. The second-order valence-electron chi connectivity index (χ2n) is 13.0. The highest BCUT2D eigenvalue weighted by Crippen LogP contribution is 2.37. The van der Waals surface area contributed by atoms with Gasteiger partial charge in [-0.2, -0.15) is 4.98 Å². The lowest BCUT2D eigenvalue weighted by Gasteiger charge is -2.35. The first kappa shape index (κ1) is 31.1. The molecular weight excluding hydrogens is 554 g/mol. The molecule has 0 bridgehead atoms. The third-order valence-electron chi connectivity index (χ3n) is 8.23.